The van der Waals surface area contributed by atoms with Crippen molar-refractivity contribution in [2.75, 3.05) is 7.05 Å². The molecule has 0 aromatic heterocycles. The molecule has 0 unspecified atom stereocenters. The van der Waals surface area contributed by atoms with Crippen LogP contribution >= 0.6 is 0 Å². The van der Waals surface area contributed by atoms with Crippen LogP contribution in [0, 0.1) is 20.8 Å². The van der Waals surface area contributed by atoms with E-state index in [1.54, 1.807) is 13.1 Å². The van der Waals surface area contributed by atoms with Crippen molar-refractivity contribution in [1.82, 2.24) is 5.32 Å². The van der Waals surface area contributed by atoms with Crippen molar-refractivity contribution in [2.24, 2.45) is 0 Å². The Morgan fingerprint density at radius 2 is 1.75 bits per heavy atom. The zero-order chi connectivity index (χ0) is 17.7. The van der Waals surface area contributed by atoms with E-state index in [1.165, 1.54) is 11.1 Å². The third-order valence-corrected chi connectivity index (χ3v) is 4.18. The van der Waals surface area contributed by atoms with Crippen LogP contribution in [0.5, 0.6) is 11.5 Å². The Labute approximate surface area is 143 Å². The smallest absolute Gasteiger partial charge is 0.412 e. The molecule has 2 aromatic rings. The summed E-state index contributed by atoms with van der Waals surface area (Å²) in [6.45, 7) is 8.63. The number of carbonyl (C=O) groups is 1. The van der Waals surface area contributed by atoms with Gasteiger partial charge in [0.05, 0.1) is 0 Å². The normalized spacial score (nSPS) is 10.4. The Kier molecular flexibility index (Phi) is 5.85. The molecule has 0 aliphatic carbocycles. The molecule has 0 fully saturated rings. The molecule has 128 valence electrons. The fourth-order valence-corrected chi connectivity index (χ4v) is 2.59. The van der Waals surface area contributed by atoms with Crippen molar-refractivity contribution < 1.29 is 14.3 Å². The summed E-state index contributed by atoms with van der Waals surface area (Å²) in [5.41, 5.74) is 5.55. The van der Waals surface area contributed by atoms with Gasteiger partial charge in [-0.25, -0.2) is 4.79 Å². The average Bonchev–Trinajstić information content (AvgIpc) is 2.57. The number of rotatable bonds is 5. The number of hydrogen-bond acceptors (Lipinski definition) is 3. The molecule has 1 amide bonds. The molecule has 2 rings (SSSR count). The molecule has 2 aromatic carbocycles. The highest BCUT2D eigenvalue weighted by molar-refractivity contribution is 5.70. The van der Waals surface area contributed by atoms with Gasteiger partial charge >= 0.3 is 6.09 Å². The molecule has 0 saturated carbocycles. The van der Waals surface area contributed by atoms with Gasteiger partial charge in [0.1, 0.15) is 18.1 Å². The maximum atomic E-state index is 11.6. The number of carbonyl (C=O) groups excluding carboxylic acids is 1. The average molecular weight is 327 g/mol. The van der Waals surface area contributed by atoms with Gasteiger partial charge in [0.2, 0.25) is 0 Å². The zero-order valence-electron chi connectivity index (χ0n) is 15.0. The van der Waals surface area contributed by atoms with Crippen molar-refractivity contribution in [1.29, 1.82) is 0 Å². The maximum absolute atomic E-state index is 11.6. The predicted molar refractivity (Wildman–Crippen MR) is 95.9 cm³/mol. The Balaban J connectivity index is 2.28. The second-order valence-corrected chi connectivity index (χ2v) is 5.88. The van der Waals surface area contributed by atoms with Crippen LogP contribution in [0.3, 0.4) is 0 Å². The van der Waals surface area contributed by atoms with Gasteiger partial charge in [-0.15, -0.1) is 0 Å². The summed E-state index contributed by atoms with van der Waals surface area (Å²) in [7, 11) is 1.54. The van der Waals surface area contributed by atoms with E-state index in [4.69, 9.17) is 9.47 Å². The van der Waals surface area contributed by atoms with Crippen LogP contribution in [-0.4, -0.2) is 13.1 Å². The summed E-state index contributed by atoms with van der Waals surface area (Å²) in [6.07, 6.45) is 0.363. The van der Waals surface area contributed by atoms with E-state index < -0.39 is 6.09 Å². The van der Waals surface area contributed by atoms with E-state index in [0.717, 1.165) is 28.9 Å². The summed E-state index contributed by atoms with van der Waals surface area (Å²) in [4.78, 5) is 11.6. The first-order valence-corrected chi connectivity index (χ1v) is 8.17. The van der Waals surface area contributed by atoms with Crippen molar-refractivity contribution in [3.8, 4) is 11.5 Å². The van der Waals surface area contributed by atoms with Crippen LogP contribution in [0.1, 0.15) is 34.7 Å². The Morgan fingerprint density at radius 3 is 2.42 bits per heavy atom. The minimum atomic E-state index is -0.480. The van der Waals surface area contributed by atoms with Crippen molar-refractivity contribution in [3.63, 3.8) is 0 Å². The lowest BCUT2D eigenvalue weighted by Crippen LogP contribution is -2.23. The van der Waals surface area contributed by atoms with Gasteiger partial charge in [0.25, 0.3) is 0 Å². The van der Waals surface area contributed by atoms with E-state index in [2.05, 4.69) is 38.2 Å². The Bertz CT molecular complexity index is 738. The van der Waals surface area contributed by atoms with E-state index in [1.807, 2.05) is 19.1 Å². The first kappa shape index (κ1) is 17.9. The third kappa shape index (κ3) is 4.07. The fourth-order valence-electron chi connectivity index (χ4n) is 2.59. The minimum absolute atomic E-state index is 0.361. The minimum Gasteiger partial charge on any atom is -0.488 e. The highest BCUT2D eigenvalue weighted by Crippen LogP contribution is 2.28. The number of aryl methyl sites for hydroxylation is 4. The lowest BCUT2D eigenvalue weighted by atomic mass is 10.0. The summed E-state index contributed by atoms with van der Waals surface area (Å²) in [5.74, 6) is 1.39. The molecule has 0 radical (unpaired) electrons. The number of benzene rings is 2. The van der Waals surface area contributed by atoms with Gasteiger partial charge in [-0.2, -0.15) is 0 Å². The third-order valence-electron chi connectivity index (χ3n) is 4.18. The first-order chi connectivity index (χ1) is 11.5. The molecule has 4 heteroatoms. The quantitative estimate of drug-likeness (QED) is 0.881. The second kappa shape index (κ2) is 7.86. The predicted octanol–water partition coefficient (Wildman–Crippen LogP) is 4.47. The molecule has 0 bridgehead atoms. The molecular weight excluding hydrogens is 302 g/mol. The largest absolute Gasteiger partial charge is 0.488 e. The number of ether oxygens (including phenoxy) is 2. The lowest BCUT2D eigenvalue weighted by molar-refractivity contribution is 0.201. The van der Waals surface area contributed by atoms with Gasteiger partial charge in [0, 0.05) is 12.6 Å². The van der Waals surface area contributed by atoms with E-state index in [0.29, 0.717) is 12.4 Å². The fraction of sp³-hybridized carbons (Fsp3) is 0.350. The monoisotopic (exact) mass is 327 g/mol. The molecular formula is C20H25NO3. The molecule has 0 atom stereocenters. The second-order valence-electron chi connectivity index (χ2n) is 5.88. The summed E-state index contributed by atoms with van der Waals surface area (Å²) in [6, 6.07) is 9.89. The molecule has 0 aliphatic rings. The summed E-state index contributed by atoms with van der Waals surface area (Å²) >= 11 is 0. The first-order valence-electron chi connectivity index (χ1n) is 8.17. The lowest BCUT2D eigenvalue weighted by Gasteiger charge is -2.16. The van der Waals surface area contributed by atoms with Crippen LogP contribution in [-0.2, 0) is 13.0 Å². The Morgan fingerprint density at radius 1 is 1.04 bits per heavy atom. The van der Waals surface area contributed by atoms with Crippen LogP contribution in [0.15, 0.2) is 30.3 Å². The van der Waals surface area contributed by atoms with Gasteiger partial charge < -0.3 is 14.8 Å². The van der Waals surface area contributed by atoms with E-state index in [-0.39, 0.29) is 0 Å². The highest BCUT2D eigenvalue weighted by Gasteiger charge is 2.13. The van der Waals surface area contributed by atoms with E-state index in [9.17, 15) is 4.79 Å². The number of hydrogen-bond donors (Lipinski definition) is 1. The van der Waals surface area contributed by atoms with Crippen LogP contribution in [0.2, 0.25) is 0 Å². The van der Waals surface area contributed by atoms with Gasteiger partial charge in [-0.05, 0) is 61.6 Å². The molecule has 0 heterocycles. The topological polar surface area (TPSA) is 47.6 Å². The van der Waals surface area contributed by atoms with Crippen LogP contribution < -0.4 is 14.8 Å². The summed E-state index contributed by atoms with van der Waals surface area (Å²) < 4.78 is 11.4. The molecule has 24 heavy (non-hydrogen) atoms. The van der Waals surface area contributed by atoms with E-state index >= 15 is 0 Å². The maximum Gasteiger partial charge on any atom is 0.412 e. The molecule has 0 aliphatic heterocycles. The van der Waals surface area contributed by atoms with Gasteiger partial charge in [0.15, 0.2) is 0 Å². The van der Waals surface area contributed by atoms with Crippen LogP contribution in [0.25, 0.3) is 0 Å². The molecule has 1 N–H and O–H groups in total. The Hall–Kier alpha value is -2.49. The number of nitrogens with one attached hydrogen (secondary N) is 1. The summed E-state index contributed by atoms with van der Waals surface area (Å²) in [5, 5.41) is 2.47. The standard InChI is InChI=1S/C20H25NO3/c1-6-16-8-7-9-18(24-20(22)21-5)17(16)12-23-19-11-14(3)13(2)10-15(19)4/h7-11H,6,12H2,1-5H3,(H,21,22). The number of amides is 1. The molecule has 0 spiro atoms. The highest BCUT2D eigenvalue weighted by atomic mass is 16.6. The molecule has 4 nitrogen and oxygen atoms in total. The zero-order valence-corrected chi connectivity index (χ0v) is 15.0. The van der Waals surface area contributed by atoms with Gasteiger partial charge in [-0.3, -0.25) is 0 Å². The SMILES string of the molecule is CCc1cccc(OC(=O)NC)c1COc1cc(C)c(C)cc1C. The molecule has 0 saturated heterocycles. The van der Waals surface area contributed by atoms with Crippen molar-refractivity contribution >= 4 is 6.09 Å². The van der Waals surface area contributed by atoms with Crippen LogP contribution in [0.4, 0.5) is 4.79 Å². The van der Waals surface area contributed by atoms with Gasteiger partial charge in [-0.1, -0.05) is 25.1 Å². The van der Waals surface area contributed by atoms with Crippen molar-refractivity contribution in [3.05, 3.63) is 58.1 Å². The van der Waals surface area contributed by atoms with Crippen molar-refractivity contribution in [2.45, 2.75) is 40.7 Å².